The molecular weight excluding hydrogens is 358 g/mol. The highest BCUT2D eigenvalue weighted by Crippen LogP contribution is 2.16. The molecule has 0 aliphatic heterocycles. The van der Waals surface area contributed by atoms with E-state index >= 15 is 0 Å². The molecule has 0 saturated heterocycles. The average molecular weight is 378 g/mol. The van der Waals surface area contributed by atoms with Crippen molar-refractivity contribution in [2.24, 2.45) is 0 Å². The summed E-state index contributed by atoms with van der Waals surface area (Å²) in [7, 11) is 0. The molecule has 0 aliphatic carbocycles. The second-order valence-electron chi connectivity index (χ2n) is 5.74. The molecule has 2 rings (SSSR count). The van der Waals surface area contributed by atoms with Gasteiger partial charge in [-0.3, -0.25) is 0 Å². The van der Waals surface area contributed by atoms with Crippen LogP contribution >= 0.6 is 0 Å². The third-order valence-electron chi connectivity index (χ3n) is 3.60. The van der Waals surface area contributed by atoms with E-state index in [-0.39, 0.29) is 12.1 Å². The van der Waals surface area contributed by atoms with Crippen molar-refractivity contribution in [3.8, 4) is 0 Å². The SMILES string of the molecule is CCCOC(=O)c1ccc(NC(=O)NCC(O)c2ccc(F)c(F)c2)cc1. The fourth-order valence-electron chi connectivity index (χ4n) is 2.17. The molecule has 0 saturated carbocycles. The van der Waals surface area contributed by atoms with Crippen LogP contribution in [0.3, 0.4) is 0 Å². The largest absolute Gasteiger partial charge is 0.462 e. The summed E-state index contributed by atoms with van der Waals surface area (Å²) in [6, 6.07) is 8.52. The molecule has 144 valence electrons. The molecule has 0 aromatic heterocycles. The lowest BCUT2D eigenvalue weighted by Gasteiger charge is -2.13. The molecule has 2 aromatic rings. The van der Waals surface area contributed by atoms with Crippen LogP contribution in [-0.4, -0.2) is 30.3 Å². The zero-order chi connectivity index (χ0) is 19.8. The summed E-state index contributed by atoms with van der Waals surface area (Å²) in [5, 5.41) is 14.9. The standard InChI is InChI=1S/C19H20F2N2O4/c1-2-9-27-18(25)12-3-6-14(7-4-12)23-19(26)22-11-17(24)13-5-8-15(20)16(21)10-13/h3-8,10,17,24H,2,9,11H2,1H3,(H2,22,23,26). The van der Waals surface area contributed by atoms with E-state index in [2.05, 4.69) is 10.6 Å². The summed E-state index contributed by atoms with van der Waals surface area (Å²) in [6.07, 6.45) is -0.469. The van der Waals surface area contributed by atoms with Gasteiger partial charge in [0, 0.05) is 12.2 Å². The number of aliphatic hydroxyl groups is 1. The fourth-order valence-corrected chi connectivity index (χ4v) is 2.17. The van der Waals surface area contributed by atoms with Gasteiger partial charge in [-0.25, -0.2) is 18.4 Å². The zero-order valence-electron chi connectivity index (χ0n) is 14.7. The first-order chi connectivity index (χ1) is 12.9. The summed E-state index contributed by atoms with van der Waals surface area (Å²) in [5.74, 6) is -2.53. The summed E-state index contributed by atoms with van der Waals surface area (Å²) < 4.78 is 31.1. The molecule has 6 nitrogen and oxygen atoms in total. The Morgan fingerprint density at radius 2 is 1.81 bits per heavy atom. The third kappa shape index (κ3) is 6.03. The Balaban J connectivity index is 1.84. The van der Waals surface area contributed by atoms with Gasteiger partial charge in [-0.1, -0.05) is 13.0 Å². The Bertz CT molecular complexity index is 797. The molecule has 27 heavy (non-hydrogen) atoms. The molecular formula is C19H20F2N2O4. The van der Waals surface area contributed by atoms with Crippen LogP contribution in [0.25, 0.3) is 0 Å². The quantitative estimate of drug-likeness (QED) is 0.645. The first-order valence-corrected chi connectivity index (χ1v) is 8.35. The minimum absolute atomic E-state index is 0.143. The van der Waals surface area contributed by atoms with Crippen molar-refractivity contribution >= 4 is 17.7 Å². The van der Waals surface area contributed by atoms with E-state index in [1.54, 1.807) is 0 Å². The molecule has 1 unspecified atom stereocenters. The van der Waals surface area contributed by atoms with Gasteiger partial charge in [-0.05, 0) is 48.4 Å². The van der Waals surface area contributed by atoms with Crippen LogP contribution < -0.4 is 10.6 Å². The van der Waals surface area contributed by atoms with Crippen LogP contribution in [0.5, 0.6) is 0 Å². The number of urea groups is 1. The smallest absolute Gasteiger partial charge is 0.338 e. The van der Waals surface area contributed by atoms with Crippen molar-refractivity contribution < 1.29 is 28.2 Å². The van der Waals surface area contributed by atoms with Crippen molar-refractivity contribution in [1.29, 1.82) is 0 Å². The Morgan fingerprint density at radius 3 is 2.44 bits per heavy atom. The number of hydrogen-bond donors (Lipinski definition) is 3. The van der Waals surface area contributed by atoms with Crippen molar-refractivity contribution in [2.45, 2.75) is 19.4 Å². The number of hydrogen-bond acceptors (Lipinski definition) is 4. The minimum atomic E-state index is -1.19. The van der Waals surface area contributed by atoms with Crippen molar-refractivity contribution in [3.63, 3.8) is 0 Å². The van der Waals surface area contributed by atoms with Gasteiger partial charge in [0.1, 0.15) is 0 Å². The highest BCUT2D eigenvalue weighted by atomic mass is 19.2. The summed E-state index contributed by atoms with van der Waals surface area (Å²) in [5.41, 5.74) is 0.939. The average Bonchev–Trinajstić information content (AvgIpc) is 2.67. The van der Waals surface area contributed by atoms with Gasteiger partial charge in [0.05, 0.1) is 18.3 Å². The predicted molar refractivity (Wildman–Crippen MR) is 95.4 cm³/mol. The number of amides is 2. The highest BCUT2D eigenvalue weighted by Gasteiger charge is 2.13. The number of esters is 1. The van der Waals surface area contributed by atoms with Crippen molar-refractivity contribution in [1.82, 2.24) is 5.32 Å². The number of carbonyl (C=O) groups excluding carboxylic acids is 2. The summed E-state index contributed by atoms with van der Waals surface area (Å²) >= 11 is 0. The topological polar surface area (TPSA) is 87.7 Å². The second-order valence-corrected chi connectivity index (χ2v) is 5.74. The Hall–Kier alpha value is -3.00. The number of ether oxygens (including phenoxy) is 1. The maximum absolute atomic E-state index is 13.2. The second kappa shape index (κ2) is 9.63. The van der Waals surface area contributed by atoms with E-state index in [9.17, 15) is 23.5 Å². The molecule has 2 amide bonds. The molecule has 8 heteroatoms. The monoisotopic (exact) mass is 378 g/mol. The fraction of sp³-hybridized carbons (Fsp3) is 0.263. The minimum Gasteiger partial charge on any atom is -0.462 e. The maximum Gasteiger partial charge on any atom is 0.338 e. The van der Waals surface area contributed by atoms with Gasteiger partial charge in [0.15, 0.2) is 11.6 Å². The van der Waals surface area contributed by atoms with E-state index in [0.717, 1.165) is 18.6 Å². The third-order valence-corrected chi connectivity index (χ3v) is 3.60. The van der Waals surface area contributed by atoms with Gasteiger partial charge in [0.25, 0.3) is 0 Å². The van der Waals surface area contributed by atoms with Crippen LogP contribution in [0.1, 0.15) is 35.4 Å². The van der Waals surface area contributed by atoms with Gasteiger partial charge in [0.2, 0.25) is 0 Å². The number of rotatable bonds is 7. The molecule has 0 aliphatic rings. The number of aliphatic hydroxyl groups excluding tert-OH is 1. The van der Waals surface area contributed by atoms with Crippen LogP contribution in [-0.2, 0) is 4.74 Å². The van der Waals surface area contributed by atoms with Gasteiger partial charge in [-0.2, -0.15) is 0 Å². The lowest BCUT2D eigenvalue weighted by molar-refractivity contribution is 0.0505. The molecule has 0 heterocycles. The molecule has 0 fully saturated rings. The van der Waals surface area contributed by atoms with E-state index in [4.69, 9.17) is 4.74 Å². The molecule has 2 aromatic carbocycles. The number of halogens is 2. The Kier molecular flexibility index (Phi) is 7.25. The molecule has 0 spiro atoms. The van der Waals surface area contributed by atoms with Crippen LogP contribution in [0.4, 0.5) is 19.3 Å². The highest BCUT2D eigenvalue weighted by molar-refractivity contribution is 5.92. The number of benzene rings is 2. The van der Waals surface area contributed by atoms with Crippen LogP contribution in [0.15, 0.2) is 42.5 Å². The van der Waals surface area contributed by atoms with Crippen molar-refractivity contribution in [2.75, 3.05) is 18.5 Å². The summed E-state index contributed by atoms with van der Waals surface area (Å²) in [4.78, 5) is 23.6. The lowest BCUT2D eigenvalue weighted by atomic mass is 10.1. The van der Waals surface area contributed by atoms with E-state index < -0.39 is 29.7 Å². The Labute approximate surface area is 155 Å². The van der Waals surface area contributed by atoms with E-state index in [1.165, 1.54) is 30.3 Å². The number of carbonyl (C=O) groups is 2. The normalized spacial score (nSPS) is 11.6. The summed E-state index contributed by atoms with van der Waals surface area (Å²) in [6.45, 7) is 2.03. The van der Waals surface area contributed by atoms with E-state index in [1.807, 2.05) is 6.92 Å². The van der Waals surface area contributed by atoms with Crippen LogP contribution in [0.2, 0.25) is 0 Å². The number of nitrogens with one attached hydrogen (secondary N) is 2. The lowest BCUT2D eigenvalue weighted by Crippen LogP contribution is -2.32. The van der Waals surface area contributed by atoms with Gasteiger partial charge in [-0.15, -0.1) is 0 Å². The number of anilines is 1. The van der Waals surface area contributed by atoms with E-state index in [0.29, 0.717) is 17.9 Å². The first-order valence-electron chi connectivity index (χ1n) is 8.35. The molecule has 0 bridgehead atoms. The molecule has 1 atom stereocenters. The van der Waals surface area contributed by atoms with Gasteiger partial charge >= 0.3 is 12.0 Å². The zero-order valence-corrected chi connectivity index (χ0v) is 14.7. The molecule has 3 N–H and O–H groups in total. The molecule has 0 radical (unpaired) electrons. The van der Waals surface area contributed by atoms with Crippen LogP contribution in [0, 0.1) is 11.6 Å². The van der Waals surface area contributed by atoms with Gasteiger partial charge < -0.3 is 20.5 Å². The van der Waals surface area contributed by atoms with Crippen molar-refractivity contribution in [3.05, 3.63) is 65.2 Å². The Morgan fingerprint density at radius 1 is 1.11 bits per heavy atom. The maximum atomic E-state index is 13.2. The first kappa shape index (κ1) is 20.3. The predicted octanol–water partition coefficient (Wildman–Crippen LogP) is 3.39.